The molecule has 3 heterocycles. The molecule has 146 valence electrons. The lowest BCUT2D eigenvalue weighted by Gasteiger charge is -2.22. The molecule has 1 saturated heterocycles. The third kappa shape index (κ3) is 3.65. The van der Waals surface area contributed by atoms with Crippen molar-refractivity contribution >= 4 is 27.5 Å². The lowest BCUT2D eigenvalue weighted by molar-refractivity contribution is -0.132. The Labute approximate surface area is 172 Å². The highest BCUT2D eigenvalue weighted by Crippen LogP contribution is 2.36. The molecule has 0 spiro atoms. The minimum absolute atomic E-state index is 0.0717. The van der Waals surface area contributed by atoms with Crippen LogP contribution in [0.25, 0.3) is 21.6 Å². The number of amides is 1. The number of likely N-dealkylation sites (tertiary alicyclic amines) is 1. The molecule has 0 radical (unpaired) electrons. The van der Waals surface area contributed by atoms with Crippen LogP contribution < -0.4 is 0 Å². The molecular weight excluding hydrogens is 384 g/mol. The highest BCUT2D eigenvalue weighted by Gasteiger charge is 2.32. The van der Waals surface area contributed by atoms with E-state index in [0.717, 1.165) is 35.5 Å². The number of nitrogens with zero attached hydrogens (tertiary/aromatic N) is 4. The summed E-state index contributed by atoms with van der Waals surface area (Å²) in [6.45, 7) is 0.776. The molecule has 29 heavy (non-hydrogen) atoms. The van der Waals surface area contributed by atoms with Crippen LogP contribution in [-0.4, -0.2) is 32.5 Å². The summed E-state index contributed by atoms with van der Waals surface area (Å²) >= 11 is 1.69. The predicted octanol–water partition coefficient (Wildman–Crippen LogP) is 4.64. The zero-order valence-electron chi connectivity index (χ0n) is 15.8. The Morgan fingerprint density at radius 2 is 1.93 bits per heavy atom. The van der Waals surface area contributed by atoms with Gasteiger partial charge in [-0.25, -0.2) is 4.98 Å². The van der Waals surface area contributed by atoms with Crippen LogP contribution in [0.2, 0.25) is 0 Å². The Kier molecular flexibility index (Phi) is 4.81. The maximum Gasteiger partial charge on any atom is 0.227 e. The van der Waals surface area contributed by atoms with Gasteiger partial charge >= 0.3 is 0 Å². The molecule has 0 unspecified atom stereocenters. The number of hydrogen-bond donors (Lipinski definition) is 0. The lowest BCUT2D eigenvalue weighted by atomic mass is 10.2. The molecule has 1 fully saturated rings. The van der Waals surface area contributed by atoms with Crippen LogP contribution in [0.3, 0.4) is 0 Å². The molecule has 0 N–H and O–H groups in total. The van der Waals surface area contributed by atoms with Gasteiger partial charge in [-0.2, -0.15) is 4.98 Å². The van der Waals surface area contributed by atoms with Crippen molar-refractivity contribution in [2.24, 2.45) is 0 Å². The van der Waals surface area contributed by atoms with Crippen LogP contribution in [0.15, 0.2) is 59.1 Å². The maximum absolute atomic E-state index is 12.9. The van der Waals surface area contributed by atoms with Gasteiger partial charge < -0.3 is 9.42 Å². The van der Waals surface area contributed by atoms with E-state index in [2.05, 4.69) is 16.2 Å². The van der Waals surface area contributed by atoms with Gasteiger partial charge in [-0.05, 0) is 25.0 Å². The van der Waals surface area contributed by atoms with Gasteiger partial charge in [0.2, 0.25) is 17.6 Å². The zero-order valence-corrected chi connectivity index (χ0v) is 16.6. The van der Waals surface area contributed by atoms with Crippen molar-refractivity contribution in [3.63, 3.8) is 0 Å². The van der Waals surface area contributed by atoms with Gasteiger partial charge in [-0.15, -0.1) is 11.3 Å². The van der Waals surface area contributed by atoms with E-state index in [0.29, 0.717) is 24.6 Å². The third-order valence-electron chi connectivity index (χ3n) is 5.22. The van der Waals surface area contributed by atoms with E-state index < -0.39 is 0 Å². The number of hydrogen-bond acceptors (Lipinski definition) is 6. The van der Waals surface area contributed by atoms with Crippen molar-refractivity contribution in [1.82, 2.24) is 20.0 Å². The number of thiazole rings is 1. The summed E-state index contributed by atoms with van der Waals surface area (Å²) in [6, 6.07) is 17.9. The molecule has 2 aromatic carbocycles. The minimum Gasteiger partial charge on any atom is -0.339 e. The molecule has 0 aliphatic carbocycles. The number of fused-ring (bicyclic) bond motifs is 1. The first kappa shape index (κ1) is 18.0. The molecule has 4 aromatic rings. The fourth-order valence-corrected chi connectivity index (χ4v) is 4.89. The maximum atomic E-state index is 12.9. The van der Waals surface area contributed by atoms with Crippen molar-refractivity contribution in [2.75, 3.05) is 6.54 Å². The molecule has 1 atom stereocenters. The van der Waals surface area contributed by atoms with Gasteiger partial charge in [0.25, 0.3) is 0 Å². The Morgan fingerprint density at radius 3 is 2.79 bits per heavy atom. The minimum atomic E-state index is 0.0717. The van der Waals surface area contributed by atoms with Crippen molar-refractivity contribution in [3.8, 4) is 11.4 Å². The summed E-state index contributed by atoms with van der Waals surface area (Å²) in [5, 5.41) is 5.06. The Bertz CT molecular complexity index is 1100. The van der Waals surface area contributed by atoms with Gasteiger partial charge in [0.15, 0.2) is 0 Å². The number of aromatic nitrogens is 3. The molecule has 0 bridgehead atoms. The van der Waals surface area contributed by atoms with Crippen LogP contribution in [0.1, 0.15) is 36.2 Å². The summed E-state index contributed by atoms with van der Waals surface area (Å²) < 4.78 is 6.51. The van der Waals surface area contributed by atoms with Crippen molar-refractivity contribution in [1.29, 1.82) is 0 Å². The van der Waals surface area contributed by atoms with Gasteiger partial charge in [0.05, 0.1) is 16.3 Å². The van der Waals surface area contributed by atoms with E-state index in [-0.39, 0.29) is 11.9 Å². The number of aryl methyl sites for hydroxylation is 1. The monoisotopic (exact) mass is 404 g/mol. The quantitative estimate of drug-likeness (QED) is 0.484. The highest BCUT2D eigenvalue weighted by molar-refractivity contribution is 7.18. The van der Waals surface area contributed by atoms with Gasteiger partial charge in [-0.1, -0.05) is 47.6 Å². The van der Waals surface area contributed by atoms with Gasteiger partial charge in [0.1, 0.15) is 5.01 Å². The Hall–Kier alpha value is -3.06. The number of rotatable bonds is 5. The summed E-state index contributed by atoms with van der Waals surface area (Å²) in [7, 11) is 0. The SMILES string of the molecule is O=C(CCc1nc(-c2ccccc2)no1)N1CCC[C@H]1c1nc2ccccc2s1. The van der Waals surface area contributed by atoms with Crippen molar-refractivity contribution < 1.29 is 9.32 Å². The molecule has 1 aliphatic heterocycles. The van der Waals surface area contributed by atoms with E-state index in [1.165, 1.54) is 4.70 Å². The fourth-order valence-electron chi connectivity index (χ4n) is 3.77. The first-order chi connectivity index (χ1) is 14.3. The average molecular weight is 404 g/mol. The Morgan fingerprint density at radius 1 is 1.10 bits per heavy atom. The Balaban J connectivity index is 1.26. The van der Waals surface area contributed by atoms with E-state index in [9.17, 15) is 4.79 Å². The second-order valence-electron chi connectivity index (χ2n) is 7.14. The van der Waals surface area contributed by atoms with E-state index in [4.69, 9.17) is 9.51 Å². The number of benzene rings is 2. The van der Waals surface area contributed by atoms with Crippen LogP contribution in [-0.2, 0) is 11.2 Å². The second-order valence-corrected chi connectivity index (χ2v) is 8.20. The molecule has 1 aliphatic rings. The zero-order chi connectivity index (χ0) is 19.6. The van der Waals surface area contributed by atoms with E-state index >= 15 is 0 Å². The topological polar surface area (TPSA) is 72.1 Å². The standard InChI is InChI=1S/C22H20N4O2S/c27-20(13-12-19-24-21(25-28-19)15-7-2-1-3-8-15)26-14-6-10-17(26)22-23-16-9-4-5-11-18(16)29-22/h1-5,7-9,11,17H,6,10,12-14H2/t17-/m0/s1. The molecule has 5 rings (SSSR count). The summed E-state index contributed by atoms with van der Waals surface area (Å²) in [5.74, 6) is 1.17. The van der Waals surface area contributed by atoms with E-state index in [1.54, 1.807) is 11.3 Å². The summed E-state index contributed by atoms with van der Waals surface area (Å²) in [6.07, 6.45) is 2.77. The average Bonchev–Trinajstić information content (AvgIpc) is 3.51. The number of para-hydroxylation sites is 1. The van der Waals surface area contributed by atoms with Crippen molar-refractivity contribution in [3.05, 3.63) is 65.5 Å². The molecule has 7 heteroatoms. The van der Waals surface area contributed by atoms with E-state index in [1.807, 2.05) is 53.4 Å². The van der Waals surface area contributed by atoms with Crippen LogP contribution in [0.5, 0.6) is 0 Å². The van der Waals surface area contributed by atoms with Crippen molar-refractivity contribution in [2.45, 2.75) is 31.7 Å². The lowest BCUT2D eigenvalue weighted by Crippen LogP contribution is -2.30. The largest absolute Gasteiger partial charge is 0.339 e. The molecule has 2 aromatic heterocycles. The number of carbonyl (C=O) groups excluding carboxylic acids is 1. The molecule has 0 saturated carbocycles. The summed E-state index contributed by atoms with van der Waals surface area (Å²) in [4.78, 5) is 24.1. The highest BCUT2D eigenvalue weighted by atomic mass is 32.1. The normalized spacial score (nSPS) is 16.6. The second kappa shape index (κ2) is 7.75. The third-order valence-corrected chi connectivity index (χ3v) is 6.36. The van der Waals surface area contributed by atoms with Crippen LogP contribution in [0.4, 0.5) is 0 Å². The molecule has 1 amide bonds. The first-order valence-electron chi connectivity index (χ1n) is 9.81. The van der Waals surface area contributed by atoms with Crippen LogP contribution >= 0.6 is 11.3 Å². The summed E-state index contributed by atoms with van der Waals surface area (Å²) in [5.41, 5.74) is 1.91. The van der Waals surface area contributed by atoms with Crippen LogP contribution in [0, 0.1) is 0 Å². The molecule has 6 nitrogen and oxygen atoms in total. The fraction of sp³-hybridized carbons (Fsp3) is 0.273. The van der Waals surface area contributed by atoms with Gasteiger partial charge in [0, 0.05) is 24.9 Å². The van der Waals surface area contributed by atoms with Gasteiger partial charge in [-0.3, -0.25) is 4.79 Å². The molecular formula is C22H20N4O2S. The first-order valence-corrected chi connectivity index (χ1v) is 10.6. The number of carbonyl (C=O) groups is 1. The smallest absolute Gasteiger partial charge is 0.227 e. The predicted molar refractivity (Wildman–Crippen MR) is 111 cm³/mol.